The fourth-order valence-electron chi connectivity index (χ4n) is 13.8. The van der Waals surface area contributed by atoms with Crippen molar-refractivity contribution in [3.8, 4) is 68.0 Å². The van der Waals surface area contributed by atoms with Crippen LogP contribution in [0.3, 0.4) is 0 Å². The number of hydrogen-bond donors (Lipinski definition) is 0. The van der Waals surface area contributed by atoms with Crippen molar-refractivity contribution < 1.29 is 0 Å². The van der Waals surface area contributed by atoms with Crippen molar-refractivity contribution in [2.75, 3.05) is 0 Å². The van der Waals surface area contributed by atoms with E-state index in [0.29, 0.717) is 11.1 Å². The second-order valence-corrected chi connectivity index (χ2v) is 21.4. The first-order valence-corrected chi connectivity index (χ1v) is 27.2. The predicted octanol–water partition coefficient (Wildman–Crippen LogP) is 20.1. The van der Waals surface area contributed by atoms with Crippen molar-refractivity contribution in [2.45, 2.75) is 0 Å². The monoisotopic (exact) mass is 1010 g/mol. The molecule has 15 aromatic carbocycles. The molecule has 17 aromatic rings. The third-order valence-corrected chi connectivity index (χ3v) is 17.1. The van der Waals surface area contributed by atoms with E-state index in [4.69, 9.17) is 0 Å². The summed E-state index contributed by atoms with van der Waals surface area (Å²) in [5.74, 6) is 0. The molecule has 2 aromatic heterocycles. The normalized spacial score (nSPS) is 12.0. The summed E-state index contributed by atoms with van der Waals surface area (Å²) >= 11 is 0. The van der Waals surface area contributed by atoms with Crippen LogP contribution in [0.4, 0.5) is 0 Å². The molecule has 0 spiro atoms. The van der Waals surface area contributed by atoms with Crippen LogP contribution in [0.5, 0.6) is 0 Å². The Labute approximate surface area is 459 Å². The zero-order chi connectivity index (χ0) is 52.7. The zero-order valence-corrected chi connectivity index (χ0v) is 43.0. The largest absolute Gasteiger partial charge is 0.309 e. The van der Waals surface area contributed by atoms with Gasteiger partial charge in [-0.15, -0.1) is 0 Å². The zero-order valence-electron chi connectivity index (χ0n) is 43.0. The van der Waals surface area contributed by atoms with Gasteiger partial charge in [-0.2, -0.15) is 10.5 Å². The highest BCUT2D eigenvalue weighted by Crippen LogP contribution is 2.50. The van der Waals surface area contributed by atoms with Crippen LogP contribution in [0.25, 0.3) is 164 Å². The molecule has 0 bridgehead atoms. The number of fused-ring (bicyclic) bond motifs is 4. The van der Waals surface area contributed by atoms with Gasteiger partial charge in [0.2, 0.25) is 0 Å². The predicted molar refractivity (Wildman–Crippen MR) is 334 cm³/mol. The third kappa shape index (κ3) is 6.30. The molecule has 0 fully saturated rings. The van der Waals surface area contributed by atoms with Gasteiger partial charge in [0.1, 0.15) is 0 Å². The number of para-hydroxylation sites is 2. The highest BCUT2D eigenvalue weighted by molar-refractivity contribution is 6.29. The first kappa shape index (κ1) is 44.1. The Kier molecular flexibility index (Phi) is 9.23. The van der Waals surface area contributed by atoms with Crippen LogP contribution in [0, 0.1) is 22.7 Å². The van der Waals surface area contributed by atoms with Crippen LogP contribution in [0.15, 0.2) is 255 Å². The lowest BCUT2D eigenvalue weighted by atomic mass is 9.82. The molecular weight excluding hydrogens is 969 g/mol. The van der Waals surface area contributed by atoms with Gasteiger partial charge in [-0.3, -0.25) is 0 Å². The van der Waals surface area contributed by atoms with Crippen LogP contribution < -0.4 is 0 Å². The second kappa shape index (κ2) is 16.7. The van der Waals surface area contributed by atoms with Crippen molar-refractivity contribution >= 4 is 108 Å². The van der Waals surface area contributed by atoms with Crippen molar-refractivity contribution in [3.63, 3.8) is 0 Å². The van der Waals surface area contributed by atoms with E-state index in [-0.39, 0.29) is 0 Å². The SMILES string of the molecule is N#Cc1cc2ccc3cc(-c4ccc5c(-c6cccc7ccccc67)c6cc(-c7cc8ccc9cc(C#N)cc%10c9c8c(c7)n%10-c7ccccc7)ccc6c(-c6cccc7ccccc67)c5c4)cc4c3c2c(c1)n4-c1ccccc1. The summed E-state index contributed by atoms with van der Waals surface area (Å²) < 4.78 is 4.68. The molecule has 0 aliphatic carbocycles. The lowest BCUT2D eigenvalue weighted by Crippen LogP contribution is -1.95. The topological polar surface area (TPSA) is 57.4 Å². The van der Waals surface area contributed by atoms with Gasteiger partial charge in [0.15, 0.2) is 0 Å². The Morgan fingerprint density at radius 1 is 0.250 bits per heavy atom. The quantitative estimate of drug-likeness (QED) is 0.123. The first-order valence-electron chi connectivity index (χ1n) is 27.2. The Hall–Kier alpha value is -11.0. The number of nitrogens with zero attached hydrogens (tertiary/aromatic N) is 4. The number of benzene rings is 15. The maximum Gasteiger partial charge on any atom is 0.0992 e. The second-order valence-electron chi connectivity index (χ2n) is 21.4. The van der Waals surface area contributed by atoms with Crippen LogP contribution >= 0.6 is 0 Å². The highest BCUT2D eigenvalue weighted by Gasteiger charge is 2.25. The van der Waals surface area contributed by atoms with Gasteiger partial charge in [-0.05, 0) is 194 Å². The lowest BCUT2D eigenvalue weighted by molar-refractivity contribution is 1.18. The molecule has 0 radical (unpaired) electrons. The van der Waals surface area contributed by atoms with E-state index in [0.717, 1.165) is 77.2 Å². The van der Waals surface area contributed by atoms with Gasteiger partial charge in [-0.25, -0.2) is 0 Å². The average Bonchev–Trinajstić information content (AvgIpc) is 3.95. The van der Waals surface area contributed by atoms with Crippen LogP contribution in [0.2, 0.25) is 0 Å². The summed E-state index contributed by atoms with van der Waals surface area (Å²) in [6.07, 6.45) is 0. The van der Waals surface area contributed by atoms with Gasteiger partial charge in [0, 0.05) is 32.9 Å². The van der Waals surface area contributed by atoms with E-state index in [1.54, 1.807) is 0 Å². The summed E-state index contributed by atoms with van der Waals surface area (Å²) in [5, 5.41) is 39.1. The Balaban J connectivity index is 0.980. The molecule has 0 unspecified atom stereocenters. The Morgan fingerprint density at radius 3 is 1.05 bits per heavy atom. The minimum absolute atomic E-state index is 0.645. The van der Waals surface area contributed by atoms with Crippen LogP contribution in [0.1, 0.15) is 11.1 Å². The van der Waals surface area contributed by atoms with Gasteiger partial charge in [-0.1, -0.05) is 170 Å². The molecule has 80 heavy (non-hydrogen) atoms. The highest BCUT2D eigenvalue weighted by atomic mass is 15.0. The summed E-state index contributed by atoms with van der Waals surface area (Å²) in [6.45, 7) is 0. The molecule has 4 nitrogen and oxygen atoms in total. The van der Waals surface area contributed by atoms with Crippen molar-refractivity contribution in [2.24, 2.45) is 0 Å². The minimum atomic E-state index is 0.645. The van der Waals surface area contributed by atoms with E-state index >= 15 is 0 Å². The first-order chi connectivity index (χ1) is 39.6. The summed E-state index contributed by atoms with van der Waals surface area (Å²) in [6, 6.07) is 97.6. The molecule has 0 N–H and O–H groups in total. The Bertz CT molecular complexity index is 5190. The van der Waals surface area contributed by atoms with E-state index in [1.807, 2.05) is 24.3 Å². The molecule has 2 heterocycles. The molecule has 0 aliphatic heterocycles. The van der Waals surface area contributed by atoms with Gasteiger partial charge in [0.25, 0.3) is 0 Å². The van der Waals surface area contributed by atoms with Crippen molar-refractivity contribution in [3.05, 3.63) is 266 Å². The van der Waals surface area contributed by atoms with E-state index < -0.39 is 0 Å². The molecule has 0 saturated heterocycles. The van der Waals surface area contributed by atoms with Gasteiger partial charge < -0.3 is 9.13 Å². The molecule has 0 aliphatic rings. The van der Waals surface area contributed by atoms with Crippen molar-refractivity contribution in [1.82, 2.24) is 9.13 Å². The standard InChI is InChI=1S/C76H42N4/c77-43-45-33-51-25-27-53-37-55(41-69-73(53)71(51)67(35-45)79(69)57-17-3-1-4-18-57)49-29-31-63-65(39-49)75(61-23-11-15-47-13-7-9-21-59(47)61)64-32-30-50(40-66(64)76(63)62-24-12-16-48-14-8-10-22-60(48)62)56-38-54-28-26-52-34-46(44-78)36-68-72(52)74(54)70(42-56)80(68)58-19-5-2-6-20-58/h1-42H. The molecule has 17 rings (SSSR count). The maximum absolute atomic E-state index is 10.2. The minimum Gasteiger partial charge on any atom is -0.309 e. The molecule has 0 saturated carbocycles. The number of rotatable bonds is 6. The number of nitriles is 2. The summed E-state index contributed by atoms with van der Waals surface area (Å²) in [5.41, 5.74) is 16.9. The fourth-order valence-corrected chi connectivity index (χ4v) is 13.8. The van der Waals surface area contributed by atoms with Crippen LogP contribution in [-0.4, -0.2) is 9.13 Å². The van der Waals surface area contributed by atoms with Crippen LogP contribution in [-0.2, 0) is 0 Å². The van der Waals surface area contributed by atoms with E-state index in [2.05, 4.69) is 252 Å². The van der Waals surface area contributed by atoms with Gasteiger partial charge in [0.05, 0.1) is 45.3 Å². The molecule has 366 valence electrons. The molecule has 0 atom stereocenters. The van der Waals surface area contributed by atoms with E-state index in [1.165, 1.54) is 86.9 Å². The lowest BCUT2D eigenvalue weighted by Gasteiger charge is -2.21. The smallest absolute Gasteiger partial charge is 0.0992 e. The maximum atomic E-state index is 10.2. The number of hydrogen-bond acceptors (Lipinski definition) is 2. The van der Waals surface area contributed by atoms with E-state index in [9.17, 15) is 10.5 Å². The average molecular weight is 1010 g/mol. The molecular formula is C76H42N4. The molecule has 0 amide bonds. The fraction of sp³-hybridized carbons (Fsp3) is 0. The summed E-state index contributed by atoms with van der Waals surface area (Å²) in [7, 11) is 0. The third-order valence-electron chi connectivity index (χ3n) is 17.1. The molecule has 4 heteroatoms. The number of aromatic nitrogens is 2. The van der Waals surface area contributed by atoms with Crippen molar-refractivity contribution in [1.29, 1.82) is 10.5 Å². The Morgan fingerprint density at radius 2 is 0.625 bits per heavy atom. The summed E-state index contributed by atoms with van der Waals surface area (Å²) in [4.78, 5) is 0. The van der Waals surface area contributed by atoms with Gasteiger partial charge >= 0.3 is 0 Å².